The first-order valence-electron chi connectivity index (χ1n) is 10.8. The number of hydrogen-bond acceptors (Lipinski definition) is 8. The lowest BCUT2D eigenvalue weighted by molar-refractivity contribution is -0.130. The zero-order valence-corrected chi connectivity index (χ0v) is 19.9. The molecule has 1 aliphatic heterocycles. The molecule has 182 valence electrons. The van der Waals surface area contributed by atoms with Gasteiger partial charge in [-0.2, -0.15) is 5.26 Å². The van der Waals surface area contributed by atoms with E-state index in [2.05, 4.69) is 25.3 Å². The smallest absolute Gasteiger partial charge is 0.407 e. The van der Waals surface area contributed by atoms with Crippen molar-refractivity contribution >= 4 is 35.2 Å². The molecule has 0 saturated heterocycles. The van der Waals surface area contributed by atoms with Gasteiger partial charge < -0.3 is 20.1 Å². The number of carbonyl (C=O) groups excluding carboxylic acids is 2. The van der Waals surface area contributed by atoms with Crippen LogP contribution in [0, 0.1) is 11.3 Å². The molecule has 2 aromatic carbocycles. The van der Waals surface area contributed by atoms with E-state index in [9.17, 15) is 9.59 Å². The van der Waals surface area contributed by atoms with E-state index in [1.807, 2.05) is 18.2 Å². The van der Waals surface area contributed by atoms with E-state index in [0.717, 1.165) is 5.56 Å². The zero-order valence-electron chi connectivity index (χ0n) is 19.1. The van der Waals surface area contributed by atoms with E-state index in [1.165, 1.54) is 12.0 Å². The number of ether oxygens (including phenoxy) is 2. The number of alkyl carbamates (subject to hydrolysis) is 1. The molecule has 1 aliphatic rings. The number of nitrogens with zero attached hydrogens (tertiary/aromatic N) is 4. The maximum absolute atomic E-state index is 13.2. The molecular weight excluding hydrogens is 484 g/mol. The highest BCUT2D eigenvalue weighted by Crippen LogP contribution is 2.23. The van der Waals surface area contributed by atoms with Gasteiger partial charge in [-0.25, -0.2) is 14.8 Å². The van der Waals surface area contributed by atoms with Crippen LogP contribution in [0.1, 0.15) is 11.3 Å². The van der Waals surface area contributed by atoms with Crippen molar-refractivity contribution < 1.29 is 19.1 Å². The van der Waals surface area contributed by atoms with Crippen molar-refractivity contribution in [2.75, 3.05) is 19.0 Å². The summed E-state index contributed by atoms with van der Waals surface area (Å²) in [6.45, 7) is 0.263. The summed E-state index contributed by atoms with van der Waals surface area (Å²) in [5, 5.41) is 15.2. The minimum absolute atomic E-state index is 0.0511. The minimum Gasteiger partial charge on any atom is -0.453 e. The third kappa shape index (κ3) is 6.08. The van der Waals surface area contributed by atoms with E-state index in [-0.39, 0.29) is 24.7 Å². The Morgan fingerprint density at radius 1 is 1.17 bits per heavy atom. The van der Waals surface area contributed by atoms with Crippen LogP contribution in [0.5, 0.6) is 11.6 Å². The van der Waals surface area contributed by atoms with E-state index < -0.39 is 12.1 Å². The van der Waals surface area contributed by atoms with Gasteiger partial charge in [0.05, 0.1) is 20.2 Å². The Morgan fingerprint density at radius 2 is 1.92 bits per heavy atom. The van der Waals surface area contributed by atoms with Crippen LogP contribution in [-0.4, -0.2) is 47.5 Å². The summed E-state index contributed by atoms with van der Waals surface area (Å²) < 4.78 is 10.3. The quantitative estimate of drug-likeness (QED) is 0.520. The molecule has 0 bridgehead atoms. The second kappa shape index (κ2) is 11.2. The molecule has 11 heteroatoms. The SMILES string of the molecule is COC(=O)NC1CN=C(Nc2ccc(Oc3cccc(C#N)n3)cc2)N(Cc2ccc(Cl)cc2)C1=O. The highest BCUT2D eigenvalue weighted by molar-refractivity contribution is 6.30. The highest BCUT2D eigenvalue weighted by Gasteiger charge is 2.33. The van der Waals surface area contributed by atoms with Crippen molar-refractivity contribution in [1.82, 2.24) is 15.2 Å². The minimum atomic E-state index is -0.859. The van der Waals surface area contributed by atoms with Crippen LogP contribution in [0.4, 0.5) is 10.5 Å². The first-order valence-corrected chi connectivity index (χ1v) is 11.2. The monoisotopic (exact) mass is 504 g/mol. The van der Waals surface area contributed by atoms with Crippen molar-refractivity contribution in [1.29, 1.82) is 5.26 Å². The van der Waals surface area contributed by atoms with Crippen LogP contribution in [0.3, 0.4) is 0 Å². The van der Waals surface area contributed by atoms with E-state index in [1.54, 1.807) is 54.6 Å². The molecule has 0 fully saturated rings. The molecule has 1 unspecified atom stereocenters. The van der Waals surface area contributed by atoms with Crippen LogP contribution in [0.2, 0.25) is 5.02 Å². The summed E-state index contributed by atoms with van der Waals surface area (Å²) in [6.07, 6.45) is -0.711. The van der Waals surface area contributed by atoms with Crippen LogP contribution in [0.25, 0.3) is 0 Å². The number of anilines is 1. The molecule has 0 saturated carbocycles. The Kier molecular flexibility index (Phi) is 7.63. The van der Waals surface area contributed by atoms with E-state index in [4.69, 9.17) is 21.6 Å². The molecule has 10 nitrogen and oxygen atoms in total. The number of amides is 2. The van der Waals surface area contributed by atoms with Gasteiger partial charge in [0.15, 0.2) is 0 Å². The fourth-order valence-electron chi connectivity index (χ4n) is 3.36. The van der Waals surface area contributed by atoms with Crippen LogP contribution in [0.15, 0.2) is 71.7 Å². The summed E-state index contributed by atoms with van der Waals surface area (Å²) in [5.74, 6) is 0.812. The molecule has 2 N–H and O–H groups in total. The maximum atomic E-state index is 13.2. The van der Waals surface area contributed by atoms with Gasteiger partial charge in [0.2, 0.25) is 11.8 Å². The fourth-order valence-corrected chi connectivity index (χ4v) is 3.49. The van der Waals surface area contributed by atoms with Gasteiger partial charge in [-0.3, -0.25) is 9.69 Å². The number of hydrogen-bond donors (Lipinski definition) is 2. The molecule has 3 aromatic rings. The fraction of sp³-hybridized carbons (Fsp3) is 0.160. The predicted octanol–water partition coefficient (Wildman–Crippen LogP) is 3.93. The zero-order chi connectivity index (χ0) is 25.5. The highest BCUT2D eigenvalue weighted by atomic mass is 35.5. The van der Waals surface area contributed by atoms with Gasteiger partial charge in [-0.1, -0.05) is 29.8 Å². The number of rotatable bonds is 6. The normalized spacial score (nSPS) is 14.9. The number of nitriles is 1. The Hall–Kier alpha value is -4.62. The summed E-state index contributed by atoms with van der Waals surface area (Å²) in [5.41, 5.74) is 1.75. The second-order valence-corrected chi connectivity index (χ2v) is 8.06. The van der Waals surface area contributed by atoms with Crippen molar-refractivity contribution in [3.05, 3.63) is 83.0 Å². The maximum Gasteiger partial charge on any atom is 0.407 e. The number of carbonyl (C=O) groups is 2. The standard InChI is InChI=1S/C25H21ClN6O4/c1-35-25(34)31-21-14-28-24(32(23(21)33)15-16-5-7-17(26)8-6-16)30-18-9-11-20(12-10-18)36-22-4-2-3-19(13-27)29-22/h2-12,21H,14-15H2,1H3,(H,28,30)(H,31,34). The van der Waals surface area contributed by atoms with Gasteiger partial charge in [-0.05, 0) is 48.0 Å². The van der Waals surface area contributed by atoms with Crippen LogP contribution < -0.4 is 15.4 Å². The molecule has 0 radical (unpaired) electrons. The number of pyridine rings is 1. The van der Waals surface area contributed by atoms with Crippen molar-refractivity contribution in [2.45, 2.75) is 12.6 Å². The van der Waals surface area contributed by atoms with Gasteiger partial charge in [-0.15, -0.1) is 0 Å². The van der Waals surface area contributed by atoms with Crippen molar-refractivity contribution in [3.8, 4) is 17.7 Å². The largest absolute Gasteiger partial charge is 0.453 e. The second-order valence-electron chi connectivity index (χ2n) is 7.63. The number of guanidine groups is 1. The Bertz CT molecular complexity index is 1320. The number of halogens is 1. The summed E-state index contributed by atoms with van der Waals surface area (Å²) in [4.78, 5) is 34.9. The van der Waals surface area contributed by atoms with Gasteiger partial charge in [0, 0.05) is 16.8 Å². The molecule has 0 aliphatic carbocycles. The predicted molar refractivity (Wildman–Crippen MR) is 133 cm³/mol. The molecule has 36 heavy (non-hydrogen) atoms. The number of nitrogens with one attached hydrogen (secondary N) is 2. The lowest BCUT2D eigenvalue weighted by atomic mass is 10.1. The molecule has 1 atom stereocenters. The summed E-state index contributed by atoms with van der Waals surface area (Å²) >= 11 is 5.99. The van der Waals surface area contributed by atoms with Crippen molar-refractivity contribution in [2.24, 2.45) is 4.99 Å². The average Bonchev–Trinajstić information content (AvgIpc) is 2.90. The summed E-state index contributed by atoms with van der Waals surface area (Å²) in [7, 11) is 1.23. The molecular formula is C25H21ClN6O4. The molecule has 2 amide bonds. The van der Waals surface area contributed by atoms with Gasteiger partial charge >= 0.3 is 6.09 Å². The van der Waals surface area contributed by atoms with Crippen molar-refractivity contribution in [3.63, 3.8) is 0 Å². The first-order chi connectivity index (χ1) is 17.4. The topological polar surface area (TPSA) is 129 Å². The third-order valence-corrected chi connectivity index (χ3v) is 5.40. The number of methoxy groups -OCH3 is 1. The average molecular weight is 505 g/mol. The van der Waals surface area contributed by atoms with Gasteiger partial charge in [0.1, 0.15) is 23.6 Å². The molecule has 2 heterocycles. The van der Waals surface area contributed by atoms with Crippen LogP contribution in [-0.2, 0) is 16.1 Å². The lowest BCUT2D eigenvalue weighted by Crippen LogP contribution is -2.56. The number of benzene rings is 2. The van der Waals surface area contributed by atoms with E-state index >= 15 is 0 Å². The van der Waals surface area contributed by atoms with Crippen LogP contribution >= 0.6 is 11.6 Å². The molecule has 0 spiro atoms. The third-order valence-electron chi connectivity index (χ3n) is 5.15. The molecule has 4 rings (SSSR count). The Balaban J connectivity index is 1.51. The Morgan fingerprint density at radius 3 is 2.61 bits per heavy atom. The lowest BCUT2D eigenvalue weighted by Gasteiger charge is -2.32. The summed E-state index contributed by atoms with van der Waals surface area (Å²) in [6, 6.07) is 20.1. The number of aromatic nitrogens is 1. The Labute approximate surface area is 212 Å². The van der Waals surface area contributed by atoms with E-state index in [0.29, 0.717) is 28.3 Å². The molecule has 1 aromatic heterocycles. The van der Waals surface area contributed by atoms with Gasteiger partial charge in [0.25, 0.3) is 5.91 Å². The first kappa shape index (κ1) is 24.5. The number of aliphatic imine (C=N–C) groups is 1.